The third-order valence-electron chi connectivity index (χ3n) is 2.60. The number of carbonyl (C=O) groups excluding carboxylic acids is 1. The standard InChI is InChI=1S/C15H12ClIO2/c1-10(19-14-7-5-13(17)6-8-14)15(18)11-3-2-4-12(16)9-11/h2-10H,1H3/t10-/m1/s1. The smallest absolute Gasteiger partial charge is 0.203 e. The van der Waals surface area contributed by atoms with Gasteiger partial charge in [0.2, 0.25) is 5.78 Å². The zero-order chi connectivity index (χ0) is 13.8. The van der Waals surface area contributed by atoms with Gasteiger partial charge in [0, 0.05) is 14.2 Å². The van der Waals surface area contributed by atoms with Gasteiger partial charge in [0.1, 0.15) is 5.75 Å². The van der Waals surface area contributed by atoms with E-state index in [0.717, 1.165) is 3.57 Å². The highest BCUT2D eigenvalue weighted by Crippen LogP contribution is 2.18. The van der Waals surface area contributed by atoms with Crippen LogP contribution in [-0.4, -0.2) is 11.9 Å². The molecule has 0 aliphatic heterocycles. The first kappa shape index (κ1) is 14.3. The highest BCUT2D eigenvalue weighted by atomic mass is 127. The van der Waals surface area contributed by atoms with Crippen LogP contribution in [0.2, 0.25) is 5.02 Å². The summed E-state index contributed by atoms with van der Waals surface area (Å²) in [6.45, 7) is 1.74. The monoisotopic (exact) mass is 386 g/mol. The van der Waals surface area contributed by atoms with Crippen LogP contribution in [-0.2, 0) is 0 Å². The topological polar surface area (TPSA) is 26.3 Å². The molecule has 0 saturated carbocycles. The quantitative estimate of drug-likeness (QED) is 0.567. The maximum absolute atomic E-state index is 12.2. The lowest BCUT2D eigenvalue weighted by atomic mass is 10.1. The molecule has 1 atom stereocenters. The lowest BCUT2D eigenvalue weighted by molar-refractivity contribution is 0.0818. The van der Waals surface area contributed by atoms with E-state index in [0.29, 0.717) is 16.3 Å². The molecule has 19 heavy (non-hydrogen) atoms. The fourth-order valence-corrected chi connectivity index (χ4v) is 2.20. The fourth-order valence-electron chi connectivity index (χ4n) is 1.65. The first-order chi connectivity index (χ1) is 9.06. The van der Waals surface area contributed by atoms with E-state index in [4.69, 9.17) is 16.3 Å². The normalized spacial score (nSPS) is 11.9. The van der Waals surface area contributed by atoms with Gasteiger partial charge in [-0.3, -0.25) is 4.79 Å². The third-order valence-corrected chi connectivity index (χ3v) is 3.56. The van der Waals surface area contributed by atoms with Crippen molar-refractivity contribution in [2.75, 3.05) is 0 Å². The van der Waals surface area contributed by atoms with Crippen molar-refractivity contribution < 1.29 is 9.53 Å². The van der Waals surface area contributed by atoms with E-state index in [1.54, 1.807) is 31.2 Å². The number of carbonyl (C=O) groups is 1. The number of ketones is 1. The van der Waals surface area contributed by atoms with Crippen LogP contribution in [0.5, 0.6) is 5.75 Å². The van der Waals surface area contributed by atoms with Crippen LogP contribution < -0.4 is 4.74 Å². The van der Waals surface area contributed by atoms with E-state index in [9.17, 15) is 4.79 Å². The van der Waals surface area contributed by atoms with E-state index < -0.39 is 6.10 Å². The van der Waals surface area contributed by atoms with Crippen molar-refractivity contribution in [1.82, 2.24) is 0 Å². The molecule has 0 fully saturated rings. The Bertz CT molecular complexity index is 581. The summed E-state index contributed by atoms with van der Waals surface area (Å²) in [5, 5.41) is 0.548. The van der Waals surface area contributed by atoms with E-state index >= 15 is 0 Å². The second kappa shape index (κ2) is 6.39. The molecular formula is C15H12ClIO2. The summed E-state index contributed by atoms with van der Waals surface area (Å²) in [5.74, 6) is 0.601. The first-order valence-electron chi connectivity index (χ1n) is 5.78. The molecule has 0 bridgehead atoms. The van der Waals surface area contributed by atoms with Gasteiger partial charge in [0.05, 0.1) is 0 Å². The summed E-state index contributed by atoms with van der Waals surface area (Å²) in [5.41, 5.74) is 0.561. The lowest BCUT2D eigenvalue weighted by Crippen LogP contribution is -2.23. The molecule has 0 amide bonds. The summed E-state index contributed by atoms with van der Waals surface area (Å²) in [4.78, 5) is 12.2. The molecule has 0 N–H and O–H groups in total. The Morgan fingerprint density at radius 3 is 2.53 bits per heavy atom. The minimum absolute atomic E-state index is 0.0824. The number of hydrogen-bond acceptors (Lipinski definition) is 2. The van der Waals surface area contributed by atoms with E-state index in [2.05, 4.69) is 22.6 Å². The average Bonchev–Trinajstić information content (AvgIpc) is 2.40. The summed E-state index contributed by atoms with van der Waals surface area (Å²) in [6.07, 6.45) is -0.543. The van der Waals surface area contributed by atoms with E-state index in [1.165, 1.54) is 0 Å². The maximum Gasteiger partial charge on any atom is 0.203 e. The molecule has 2 nitrogen and oxygen atoms in total. The van der Waals surface area contributed by atoms with Gasteiger partial charge in [-0.25, -0.2) is 0 Å². The second-order valence-corrected chi connectivity index (χ2v) is 5.77. The van der Waals surface area contributed by atoms with Crippen LogP contribution in [0.25, 0.3) is 0 Å². The molecule has 2 aromatic carbocycles. The molecular weight excluding hydrogens is 375 g/mol. The number of halogens is 2. The number of Topliss-reactive ketones (excluding diaryl/α,β-unsaturated/α-hetero) is 1. The Balaban J connectivity index is 2.09. The van der Waals surface area contributed by atoms with Crippen LogP contribution in [0.1, 0.15) is 17.3 Å². The molecule has 2 aromatic rings. The zero-order valence-corrected chi connectivity index (χ0v) is 13.2. The van der Waals surface area contributed by atoms with Gasteiger partial charge < -0.3 is 4.74 Å². The zero-order valence-electron chi connectivity index (χ0n) is 10.3. The summed E-state index contributed by atoms with van der Waals surface area (Å²) >= 11 is 8.10. The molecule has 0 spiro atoms. The van der Waals surface area contributed by atoms with Crippen molar-refractivity contribution >= 4 is 40.0 Å². The molecule has 98 valence electrons. The molecule has 0 saturated heterocycles. The summed E-state index contributed by atoms with van der Waals surface area (Å²) in [7, 11) is 0. The van der Waals surface area contributed by atoms with Crippen LogP contribution >= 0.6 is 34.2 Å². The maximum atomic E-state index is 12.2. The highest BCUT2D eigenvalue weighted by molar-refractivity contribution is 14.1. The highest BCUT2D eigenvalue weighted by Gasteiger charge is 2.17. The third kappa shape index (κ3) is 3.94. The minimum atomic E-state index is -0.543. The minimum Gasteiger partial charge on any atom is -0.483 e. The largest absolute Gasteiger partial charge is 0.483 e. The van der Waals surface area contributed by atoms with E-state index in [-0.39, 0.29) is 5.78 Å². The van der Waals surface area contributed by atoms with Crippen LogP contribution in [0.4, 0.5) is 0 Å². The van der Waals surface area contributed by atoms with Gasteiger partial charge >= 0.3 is 0 Å². The SMILES string of the molecule is C[C@@H](Oc1ccc(I)cc1)C(=O)c1cccc(Cl)c1. The molecule has 0 heterocycles. The Morgan fingerprint density at radius 2 is 1.89 bits per heavy atom. The molecule has 0 aliphatic rings. The predicted molar refractivity (Wildman–Crippen MR) is 85.0 cm³/mol. The van der Waals surface area contributed by atoms with Crippen molar-refractivity contribution in [3.63, 3.8) is 0 Å². The Labute approximate surface area is 130 Å². The first-order valence-corrected chi connectivity index (χ1v) is 7.24. The molecule has 0 unspecified atom stereocenters. The van der Waals surface area contributed by atoms with Gasteiger partial charge in [-0.2, -0.15) is 0 Å². The lowest BCUT2D eigenvalue weighted by Gasteiger charge is -2.13. The molecule has 0 aromatic heterocycles. The van der Waals surface area contributed by atoms with Gasteiger partial charge in [-0.05, 0) is 65.9 Å². The molecule has 4 heteroatoms. The summed E-state index contributed by atoms with van der Waals surface area (Å²) < 4.78 is 6.75. The van der Waals surface area contributed by atoms with Crippen molar-refractivity contribution in [2.24, 2.45) is 0 Å². The Morgan fingerprint density at radius 1 is 1.21 bits per heavy atom. The summed E-state index contributed by atoms with van der Waals surface area (Å²) in [6, 6.07) is 14.5. The number of ether oxygens (including phenoxy) is 1. The van der Waals surface area contributed by atoms with E-state index in [1.807, 2.05) is 24.3 Å². The van der Waals surface area contributed by atoms with Crippen LogP contribution in [0.3, 0.4) is 0 Å². The molecule has 2 rings (SSSR count). The van der Waals surface area contributed by atoms with Crippen LogP contribution in [0, 0.1) is 3.57 Å². The fraction of sp³-hybridized carbons (Fsp3) is 0.133. The average molecular weight is 387 g/mol. The van der Waals surface area contributed by atoms with Crippen LogP contribution in [0.15, 0.2) is 48.5 Å². The Kier molecular flexibility index (Phi) is 4.82. The van der Waals surface area contributed by atoms with Crippen molar-refractivity contribution in [2.45, 2.75) is 13.0 Å². The van der Waals surface area contributed by atoms with Crippen molar-refractivity contribution in [1.29, 1.82) is 0 Å². The van der Waals surface area contributed by atoms with Gasteiger partial charge in [-0.15, -0.1) is 0 Å². The Hall–Kier alpha value is -1.07. The molecule has 0 aliphatic carbocycles. The number of rotatable bonds is 4. The molecule has 0 radical (unpaired) electrons. The van der Waals surface area contributed by atoms with Gasteiger partial charge in [-0.1, -0.05) is 23.7 Å². The van der Waals surface area contributed by atoms with Gasteiger partial charge in [0.15, 0.2) is 6.10 Å². The second-order valence-electron chi connectivity index (χ2n) is 4.09. The predicted octanol–water partition coefficient (Wildman–Crippen LogP) is 4.59. The number of benzene rings is 2. The van der Waals surface area contributed by atoms with Crippen molar-refractivity contribution in [3.8, 4) is 5.75 Å². The number of hydrogen-bond donors (Lipinski definition) is 0. The van der Waals surface area contributed by atoms with Crippen molar-refractivity contribution in [3.05, 3.63) is 62.7 Å². The van der Waals surface area contributed by atoms with Gasteiger partial charge in [0.25, 0.3) is 0 Å².